The molecule has 98 valence electrons. The van der Waals surface area contributed by atoms with Crippen molar-refractivity contribution in [1.82, 2.24) is 4.90 Å². The predicted molar refractivity (Wildman–Crippen MR) is 62.5 cm³/mol. The summed E-state index contributed by atoms with van der Waals surface area (Å²) in [5.41, 5.74) is 0. The summed E-state index contributed by atoms with van der Waals surface area (Å²) in [6, 6.07) is 0. The van der Waals surface area contributed by atoms with Crippen molar-refractivity contribution < 1.29 is 19.8 Å². The number of hydrogen-bond acceptors (Lipinski definition) is 3. The predicted octanol–water partition coefficient (Wildman–Crippen LogP) is 0.861. The zero-order valence-corrected chi connectivity index (χ0v) is 10.3. The molecule has 5 nitrogen and oxygen atoms in total. The van der Waals surface area contributed by atoms with E-state index in [0.29, 0.717) is 19.5 Å². The Kier molecular flexibility index (Phi) is 5.41. The van der Waals surface area contributed by atoms with E-state index < -0.39 is 5.97 Å². The molecule has 0 bridgehead atoms. The molecule has 1 fully saturated rings. The molecule has 1 heterocycles. The van der Waals surface area contributed by atoms with E-state index >= 15 is 0 Å². The Hall–Kier alpha value is -1.10. The molecule has 0 aliphatic carbocycles. The SMILES string of the molecule is CCCC1CN(C(=O)CCC(=O)O)CCC1O. The molecule has 0 aromatic carbocycles. The molecule has 17 heavy (non-hydrogen) atoms. The number of likely N-dealkylation sites (tertiary alicyclic amines) is 1. The fourth-order valence-corrected chi connectivity index (χ4v) is 2.27. The Labute approximate surface area is 101 Å². The lowest BCUT2D eigenvalue weighted by Gasteiger charge is -2.36. The molecule has 0 aromatic rings. The number of piperidine rings is 1. The van der Waals surface area contributed by atoms with Gasteiger partial charge in [-0.2, -0.15) is 0 Å². The smallest absolute Gasteiger partial charge is 0.303 e. The maximum Gasteiger partial charge on any atom is 0.303 e. The van der Waals surface area contributed by atoms with Gasteiger partial charge in [-0.25, -0.2) is 0 Å². The minimum atomic E-state index is -0.944. The lowest BCUT2D eigenvalue weighted by molar-refractivity contribution is -0.142. The molecule has 2 unspecified atom stereocenters. The fourth-order valence-electron chi connectivity index (χ4n) is 2.27. The second-order valence-electron chi connectivity index (χ2n) is 4.64. The van der Waals surface area contributed by atoms with E-state index in [0.717, 1.165) is 12.8 Å². The van der Waals surface area contributed by atoms with Crippen LogP contribution >= 0.6 is 0 Å². The number of amides is 1. The van der Waals surface area contributed by atoms with Crippen LogP contribution in [0.3, 0.4) is 0 Å². The minimum absolute atomic E-state index is 0.0598. The molecule has 1 aliphatic rings. The van der Waals surface area contributed by atoms with Crippen molar-refractivity contribution in [3.63, 3.8) is 0 Å². The van der Waals surface area contributed by atoms with Gasteiger partial charge in [-0.1, -0.05) is 13.3 Å². The van der Waals surface area contributed by atoms with Crippen molar-refractivity contribution in [2.24, 2.45) is 5.92 Å². The molecule has 0 aromatic heterocycles. The van der Waals surface area contributed by atoms with Crippen LogP contribution < -0.4 is 0 Å². The van der Waals surface area contributed by atoms with Gasteiger partial charge in [0.25, 0.3) is 0 Å². The van der Waals surface area contributed by atoms with E-state index in [4.69, 9.17) is 5.11 Å². The van der Waals surface area contributed by atoms with Crippen LogP contribution in [-0.2, 0) is 9.59 Å². The van der Waals surface area contributed by atoms with Crippen molar-refractivity contribution >= 4 is 11.9 Å². The number of carbonyl (C=O) groups excluding carboxylic acids is 1. The summed E-state index contributed by atoms with van der Waals surface area (Å²) in [7, 11) is 0. The fraction of sp³-hybridized carbons (Fsp3) is 0.833. The molecule has 1 aliphatic heterocycles. The number of aliphatic hydroxyl groups excluding tert-OH is 1. The summed E-state index contributed by atoms with van der Waals surface area (Å²) in [4.78, 5) is 23.8. The number of carboxylic acids is 1. The molecule has 2 atom stereocenters. The molecule has 0 saturated carbocycles. The number of aliphatic hydroxyl groups is 1. The van der Waals surface area contributed by atoms with Gasteiger partial charge in [-0.3, -0.25) is 9.59 Å². The average molecular weight is 243 g/mol. The first-order chi connectivity index (χ1) is 8.04. The van der Waals surface area contributed by atoms with Crippen LogP contribution in [0.1, 0.15) is 39.0 Å². The van der Waals surface area contributed by atoms with Gasteiger partial charge < -0.3 is 15.1 Å². The van der Waals surface area contributed by atoms with Crippen LogP contribution in [0, 0.1) is 5.92 Å². The zero-order valence-electron chi connectivity index (χ0n) is 10.3. The van der Waals surface area contributed by atoms with E-state index in [1.165, 1.54) is 0 Å². The largest absolute Gasteiger partial charge is 0.481 e. The van der Waals surface area contributed by atoms with Gasteiger partial charge in [0, 0.05) is 25.4 Å². The Morgan fingerprint density at radius 3 is 2.65 bits per heavy atom. The maximum absolute atomic E-state index is 11.7. The maximum atomic E-state index is 11.7. The van der Waals surface area contributed by atoms with Gasteiger partial charge >= 0.3 is 5.97 Å². The number of carboxylic acid groups (broad SMARTS) is 1. The zero-order chi connectivity index (χ0) is 12.8. The van der Waals surface area contributed by atoms with Gasteiger partial charge in [0.15, 0.2) is 0 Å². The van der Waals surface area contributed by atoms with Crippen molar-refractivity contribution in [3.8, 4) is 0 Å². The summed E-state index contributed by atoms with van der Waals surface area (Å²) < 4.78 is 0. The van der Waals surface area contributed by atoms with Gasteiger partial charge in [0.2, 0.25) is 5.91 Å². The summed E-state index contributed by atoms with van der Waals surface area (Å²) in [6.07, 6.45) is 2.12. The number of aliphatic carboxylic acids is 1. The standard InChI is InChI=1S/C12H21NO4/c1-2-3-9-8-13(7-6-10(9)14)11(15)4-5-12(16)17/h9-10,14H,2-8H2,1H3,(H,16,17). The van der Waals surface area contributed by atoms with Crippen molar-refractivity contribution in [3.05, 3.63) is 0 Å². The first-order valence-corrected chi connectivity index (χ1v) is 6.22. The Bertz CT molecular complexity index is 280. The highest BCUT2D eigenvalue weighted by atomic mass is 16.4. The van der Waals surface area contributed by atoms with E-state index in [9.17, 15) is 14.7 Å². The molecule has 5 heteroatoms. The third kappa shape index (κ3) is 4.34. The third-order valence-electron chi connectivity index (χ3n) is 3.26. The van der Waals surface area contributed by atoms with Crippen LogP contribution in [0.5, 0.6) is 0 Å². The van der Waals surface area contributed by atoms with E-state index in [1.54, 1.807) is 4.90 Å². The van der Waals surface area contributed by atoms with Crippen LogP contribution in [0.4, 0.5) is 0 Å². The van der Waals surface area contributed by atoms with Crippen LogP contribution in [0.2, 0.25) is 0 Å². The Balaban J connectivity index is 2.43. The summed E-state index contributed by atoms with van der Waals surface area (Å²) in [5, 5.41) is 18.3. The highest BCUT2D eigenvalue weighted by Gasteiger charge is 2.29. The number of hydrogen-bond donors (Lipinski definition) is 2. The second kappa shape index (κ2) is 6.59. The van der Waals surface area contributed by atoms with E-state index in [2.05, 4.69) is 6.92 Å². The number of rotatable bonds is 5. The van der Waals surface area contributed by atoms with Crippen molar-refractivity contribution in [1.29, 1.82) is 0 Å². The van der Waals surface area contributed by atoms with Crippen LogP contribution in [0.15, 0.2) is 0 Å². The highest BCUT2D eigenvalue weighted by Crippen LogP contribution is 2.22. The molecule has 2 N–H and O–H groups in total. The van der Waals surface area contributed by atoms with Crippen molar-refractivity contribution in [2.45, 2.75) is 45.1 Å². The molecule has 1 saturated heterocycles. The normalized spacial score (nSPS) is 24.7. The molecular weight excluding hydrogens is 222 g/mol. The van der Waals surface area contributed by atoms with Gasteiger partial charge in [0.1, 0.15) is 0 Å². The molecule has 0 spiro atoms. The third-order valence-corrected chi connectivity index (χ3v) is 3.26. The summed E-state index contributed by atoms with van der Waals surface area (Å²) >= 11 is 0. The Morgan fingerprint density at radius 1 is 1.35 bits per heavy atom. The minimum Gasteiger partial charge on any atom is -0.481 e. The highest BCUT2D eigenvalue weighted by molar-refractivity contribution is 5.80. The molecule has 1 rings (SSSR count). The molecule has 0 radical (unpaired) electrons. The monoisotopic (exact) mass is 243 g/mol. The van der Waals surface area contributed by atoms with Crippen LogP contribution in [0.25, 0.3) is 0 Å². The molecular formula is C12H21NO4. The van der Waals surface area contributed by atoms with Crippen molar-refractivity contribution in [2.75, 3.05) is 13.1 Å². The lowest BCUT2D eigenvalue weighted by Crippen LogP contribution is -2.46. The molecule has 1 amide bonds. The second-order valence-corrected chi connectivity index (χ2v) is 4.64. The first-order valence-electron chi connectivity index (χ1n) is 6.22. The van der Waals surface area contributed by atoms with E-state index in [-0.39, 0.29) is 30.8 Å². The number of nitrogens with zero attached hydrogens (tertiary/aromatic N) is 1. The summed E-state index contributed by atoms with van der Waals surface area (Å²) in [5.74, 6) is -0.913. The number of carbonyl (C=O) groups is 2. The Morgan fingerprint density at radius 2 is 2.06 bits per heavy atom. The lowest BCUT2D eigenvalue weighted by atomic mass is 9.90. The van der Waals surface area contributed by atoms with Gasteiger partial charge in [-0.15, -0.1) is 0 Å². The quantitative estimate of drug-likeness (QED) is 0.750. The first kappa shape index (κ1) is 14.0. The van der Waals surface area contributed by atoms with E-state index in [1.807, 2.05) is 0 Å². The van der Waals surface area contributed by atoms with Gasteiger partial charge in [-0.05, 0) is 12.8 Å². The summed E-state index contributed by atoms with van der Waals surface area (Å²) in [6.45, 7) is 3.16. The topological polar surface area (TPSA) is 77.8 Å². The van der Waals surface area contributed by atoms with Gasteiger partial charge in [0.05, 0.1) is 12.5 Å². The van der Waals surface area contributed by atoms with Crippen LogP contribution in [-0.4, -0.2) is 46.2 Å². The average Bonchev–Trinajstić information content (AvgIpc) is 2.29.